The van der Waals surface area contributed by atoms with Crippen LogP contribution in [0.25, 0.3) is 5.69 Å². The second-order valence-corrected chi connectivity index (χ2v) is 5.43. The minimum absolute atomic E-state index is 0. The predicted molar refractivity (Wildman–Crippen MR) is 103 cm³/mol. The zero-order chi connectivity index (χ0) is 16.9. The molecule has 1 aromatic carbocycles. The summed E-state index contributed by atoms with van der Waals surface area (Å²) >= 11 is 0. The zero-order valence-corrected chi connectivity index (χ0v) is 15.4. The number of rotatable bonds is 5. The zero-order valence-electron chi connectivity index (χ0n) is 13.8. The number of carbonyl (C=O) groups excluding carboxylic acids is 1. The van der Waals surface area contributed by atoms with Gasteiger partial charge in [0.1, 0.15) is 5.69 Å². The molecule has 0 saturated carbocycles. The van der Waals surface area contributed by atoms with Crippen molar-refractivity contribution >= 4 is 36.4 Å². The van der Waals surface area contributed by atoms with Gasteiger partial charge in [0.25, 0.3) is 11.6 Å². The molecule has 8 nitrogen and oxygen atoms in total. The molecule has 0 bridgehead atoms. The van der Waals surface area contributed by atoms with Gasteiger partial charge in [0.2, 0.25) is 0 Å². The Hall–Kier alpha value is -2.42. The van der Waals surface area contributed by atoms with Gasteiger partial charge in [-0.3, -0.25) is 14.9 Å². The molecule has 0 aliphatic carbocycles. The first kappa shape index (κ1) is 21.6. The van der Waals surface area contributed by atoms with Gasteiger partial charge < -0.3 is 15.2 Å². The van der Waals surface area contributed by atoms with E-state index in [2.05, 4.69) is 15.6 Å². The molecule has 0 atom stereocenters. The summed E-state index contributed by atoms with van der Waals surface area (Å²) < 4.78 is 1.54. The third kappa shape index (κ3) is 5.04. The van der Waals surface area contributed by atoms with Crippen LogP contribution in [0, 0.1) is 10.1 Å². The monoisotopic (exact) mass is 399 g/mol. The Balaban J connectivity index is 0.00000169. The summed E-state index contributed by atoms with van der Waals surface area (Å²) in [5, 5.41) is 17.3. The van der Waals surface area contributed by atoms with E-state index in [1.54, 1.807) is 22.9 Å². The number of nitrogens with zero attached hydrogens (tertiary/aromatic N) is 3. The number of imidazole rings is 1. The lowest BCUT2D eigenvalue weighted by atomic mass is 10.1. The Morgan fingerprint density at radius 1 is 1.38 bits per heavy atom. The number of nitrogens with one attached hydrogen (secondary N) is 2. The molecule has 0 spiro atoms. The molecule has 2 aromatic rings. The van der Waals surface area contributed by atoms with Crippen LogP contribution >= 0.6 is 24.8 Å². The smallest absolute Gasteiger partial charge is 0.294 e. The quantitative estimate of drug-likeness (QED) is 0.456. The van der Waals surface area contributed by atoms with Gasteiger partial charge in [0.05, 0.1) is 11.3 Å². The number of halogens is 2. The maximum Gasteiger partial charge on any atom is 0.294 e. The summed E-state index contributed by atoms with van der Waals surface area (Å²) in [5.41, 5.74) is 1.66. The third-order valence-electron chi connectivity index (χ3n) is 3.85. The van der Waals surface area contributed by atoms with Crippen molar-refractivity contribution in [2.45, 2.75) is 6.42 Å². The first-order chi connectivity index (χ1) is 11.6. The van der Waals surface area contributed by atoms with Gasteiger partial charge in [-0.25, -0.2) is 4.98 Å². The van der Waals surface area contributed by atoms with Crippen molar-refractivity contribution in [3.05, 3.63) is 64.2 Å². The van der Waals surface area contributed by atoms with Crippen molar-refractivity contribution in [2.24, 2.45) is 0 Å². The second kappa shape index (κ2) is 9.91. The topological polar surface area (TPSA) is 102 Å². The van der Waals surface area contributed by atoms with Gasteiger partial charge in [0, 0.05) is 37.1 Å². The molecule has 2 heterocycles. The van der Waals surface area contributed by atoms with E-state index in [0.29, 0.717) is 12.2 Å². The van der Waals surface area contributed by atoms with Gasteiger partial charge in [0.15, 0.2) is 0 Å². The van der Waals surface area contributed by atoms with Gasteiger partial charge in [-0.15, -0.1) is 24.8 Å². The summed E-state index contributed by atoms with van der Waals surface area (Å²) in [6.07, 6.45) is 7.57. The van der Waals surface area contributed by atoms with E-state index in [1.165, 1.54) is 18.6 Å². The number of nitro benzene ring substituents is 1. The molecule has 0 unspecified atom stereocenters. The number of hydrogen-bond acceptors (Lipinski definition) is 5. The van der Waals surface area contributed by atoms with Crippen LogP contribution in [-0.4, -0.2) is 40.0 Å². The highest BCUT2D eigenvalue weighted by Gasteiger charge is 2.18. The van der Waals surface area contributed by atoms with Crippen molar-refractivity contribution in [1.82, 2.24) is 20.2 Å². The van der Waals surface area contributed by atoms with Crippen LogP contribution in [0.5, 0.6) is 0 Å². The standard InChI is InChI=1S/C16H17N5O3.2ClH/c22-16(19-10-12-3-5-17-6-4-12)13-1-2-14(15(9-13)21(23)24)20-8-7-18-11-20;;/h1-3,7-9,11,17H,4-6,10H2,(H,19,22);2*1H. The molecule has 0 saturated heterocycles. The summed E-state index contributed by atoms with van der Waals surface area (Å²) in [7, 11) is 0. The molecule has 2 N–H and O–H groups in total. The van der Waals surface area contributed by atoms with Gasteiger partial charge in [-0.1, -0.05) is 11.6 Å². The van der Waals surface area contributed by atoms with E-state index in [4.69, 9.17) is 0 Å². The highest BCUT2D eigenvalue weighted by Crippen LogP contribution is 2.24. The fraction of sp³-hybridized carbons (Fsp3) is 0.250. The van der Waals surface area contributed by atoms with Crippen LogP contribution in [0.2, 0.25) is 0 Å². The minimum Gasteiger partial charge on any atom is -0.348 e. The lowest BCUT2D eigenvalue weighted by Gasteiger charge is -2.14. The van der Waals surface area contributed by atoms with E-state index in [1.807, 2.05) is 6.08 Å². The normalized spacial score (nSPS) is 13.0. The van der Waals surface area contributed by atoms with E-state index < -0.39 is 4.92 Å². The molecule has 1 aliphatic rings. The van der Waals surface area contributed by atoms with E-state index in [-0.39, 0.29) is 42.0 Å². The average Bonchev–Trinajstić information content (AvgIpc) is 3.14. The number of nitro groups is 1. The van der Waals surface area contributed by atoms with Crippen LogP contribution in [-0.2, 0) is 0 Å². The van der Waals surface area contributed by atoms with Crippen molar-refractivity contribution in [2.75, 3.05) is 19.6 Å². The number of hydrogen-bond donors (Lipinski definition) is 2. The summed E-state index contributed by atoms with van der Waals surface area (Å²) in [4.78, 5) is 27.0. The van der Waals surface area contributed by atoms with Crippen molar-refractivity contribution in [3.8, 4) is 5.69 Å². The van der Waals surface area contributed by atoms with E-state index in [9.17, 15) is 14.9 Å². The number of aromatic nitrogens is 2. The number of carbonyl (C=O) groups is 1. The molecule has 140 valence electrons. The molecule has 26 heavy (non-hydrogen) atoms. The van der Waals surface area contributed by atoms with Crippen molar-refractivity contribution in [3.63, 3.8) is 0 Å². The maximum absolute atomic E-state index is 12.3. The molecule has 0 fully saturated rings. The van der Waals surface area contributed by atoms with Gasteiger partial charge in [-0.2, -0.15) is 0 Å². The molecule has 1 aliphatic heterocycles. The summed E-state index contributed by atoms with van der Waals surface area (Å²) in [6.45, 7) is 2.15. The number of benzene rings is 1. The van der Waals surface area contributed by atoms with E-state index >= 15 is 0 Å². The number of amides is 1. The lowest BCUT2D eigenvalue weighted by molar-refractivity contribution is -0.384. The molecule has 3 rings (SSSR count). The fourth-order valence-corrected chi connectivity index (χ4v) is 2.56. The minimum atomic E-state index is -0.499. The van der Waals surface area contributed by atoms with Crippen LogP contribution in [0.4, 0.5) is 5.69 Å². The van der Waals surface area contributed by atoms with Gasteiger partial charge in [-0.05, 0) is 25.1 Å². The molecule has 0 radical (unpaired) electrons. The largest absolute Gasteiger partial charge is 0.348 e. The van der Waals surface area contributed by atoms with Crippen molar-refractivity contribution < 1.29 is 9.72 Å². The van der Waals surface area contributed by atoms with Crippen molar-refractivity contribution in [1.29, 1.82) is 0 Å². The fourth-order valence-electron chi connectivity index (χ4n) is 2.56. The summed E-state index contributed by atoms with van der Waals surface area (Å²) in [6, 6.07) is 4.43. The Bertz CT molecular complexity index is 793. The Morgan fingerprint density at radius 3 is 2.81 bits per heavy atom. The molecular weight excluding hydrogens is 381 g/mol. The summed E-state index contributed by atoms with van der Waals surface area (Å²) in [5.74, 6) is -0.324. The SMILES string of the molecule is Cl.Cl.O=C(NCC1=CCNCC1)c1ccc(-n2ccnc2)c([N+](=O)[O-])c1. The van der Waals surface area contributed by atoms with E-state index in [0.717, 1.165) is 25.1 Å². The lowest BCUT2D eigenvalue weighted by Crippen LogP contribution is -2.29. The van der Waals surface area contributed by atoms with Crippen LogP contribution in [0.15, 0.2) is 48.6 Å². The first-order valence-corrected chi connectivity index (χ1v) is 7.59. The predicted octanol–water partition coefficient (Wildman–Crippen LogP) is 2.27. The molecular formula is C16H19Cl2N5O3. The van der Waals surface area contributed by atoms with Crippen LogP contribution in [0.3, 0.4) is 0 Å². The molecule has 10 heteroatoms. The Morgan fingerprint density at radius 2 is 2.19 bits per heavy atom. The highest BCUT2D eigenvalue weighted by molar-refractivity contribution is 5.95. The van der Waals surface area contributed by atoms with Crippen LogP contribution < -0.4 is 10.6 Å². The molecule has 1 aromatic heterocycles. The van der Waals surface area contributed by atoms with Gasteiger partial charge >= 0.3 is 0 Å². The van der Waals surface area contributed by atoms with Crippen LogP contribution in [0.1, 0.15) is 16.8 Å². The Kier molecular flexibility index (Phi) is 8.24. The first-order valence-electron chi connectivity index (χ1n) is 7.59. The third-order valence-corrected chi connectivity index (χ3v) is 3.85. The average molecular weight is 400 g/mol. The molecule has 1 amide bonds. The Labute approximate surface area is 162 Å². The second-order valence-electron chi connectivity index (χ2n) is 5.43. The maximum atomic E-state index is 12.3. The highest BCUT2D eigenvalue weighted by atomic mass is 35.5.